The molecular weight excluding hydrogens is 200 g/mol. The van der Waals surface area contributed by atoms with Crippen molar-refractivity contribution >= 4 is 0 Å². The summed E-state index contributed by atoms with van der Waals surface area (Å²) in [7, 11) is 6.11. The Hall–Kier alpha value is -0.870. The molecule has 16 heavy (non-hydrogen) atoms. The molecule has 0 fully saturated rings. The molecule has 1 N–H and O–H groups in total. The normalized spacial score (nSPS) is 12.4. The third-order valence-corrected chi connectivity index (χ3v) is 2.56. The fourth-order valence-electron chi connectivity index (χ4n) is 2.19. The topological polar surface area (TPSA) is 33.1 Å². The van der Waals surface area contributed by atoms with E-state index in [1.807, 2.05) is 25.0 Å². The monoisotopic (exact) mass is 224 g/mol. The van der Waals surface area contributed by atoms with Crippen molar-refractivity contribution in [2.45, 2.75) is 20.4 Å². The van der Waals surface area contributed by atoms with Gasteiger partial charge in [0.2, 0.25) is 0 Å². The minimum absolute atomic E-state index is 0.297. The first-order chi connectivity index (χ1) is 7.43. The molecule has 0 bridgehead atoms. The van der Waals surface area contributed by atoms with Gasteiger partial charge in [-0.2, -0.15) is 5.10 Å². The number of hydrogen-bond acceptors (Lipinski definition) is 3. The van der Waals surface area contributed by atoms with E-state index in [9.17, 15) is 0 Å². The van der Waals surface area contributed by atoms with E-state index >= 15 is 0 Å². The summed E-state index contributed by atoms with van der Waals surface area (Å²) in [6.45, 7) is 7.63. The van der Waals surface area contributed by atoms with Gasteiger partial charge in [-0.1, -0.05) is 13.8 Å². The Morgan fingerprint density at radius 2 is 2.19 bits per heavy atom. The quantitative estimate of drug-likeness (QED) is 0.785. The predicted octanol–water partition coefficient (Wildman–Crippen LogP) is 1.10. The minimum atomic E-state index is 0.297. The van der Waals surface area contributed by atoms with Crippen molar-refractivity contribution in [3.63, 3.8) is 0 Å². The highest BCUT2D eigenvalue weighted by atomic mass is 15.2. The SMILES string of the molecule is CNCC(C)(C)CN(C)Cc1cnn(C)c1. The fraction of sp³-hybridized carbons (Fsp3) is 0.750. The maximum atomic E-state index is 4.18. The van der Waals surface area contributed by atoms with Crippen LogP contribution in [0, 0.1) is 5.41 Å². The lowest BCUT2D eigenvalue weighted by molar-refractivity contribution is 0.201. The Morgan fingerprint density at radius 1 is 1.50 bits per heavy atom. The van der Waals surface area contributed by atoms with Gasteiger partial charge in [-0.25, -0.2) is 0 Å². The first kappa shape index (κ1) is 13.2. The molecule has 92 valence electrons. The molecule has 1 aromatic heterocycles. The van der Waals surface area contributed by atoms with Crippen LogP contribution in [0.15, 0.2) is 12.4 Å². The third kappa shape index (κ3) is 4.33. The molecule has 0 aliphatic rings. The summed E-state index contributed by atoms with van der Waals surface area (Å²) in [5.74, 6) is 0. The van der Waals surface area contributed by atoms with Gasteiger partial charge in [0.05, 0.1) is 6.20 Å². The lowest BCUT2D eigenvalue weighted by Gasteiger charge is -2.29. The highest BCUT2D eigenvalue weighted by Gasteiger charge is 2.19. The van der Waals surface area contributed by atoms with Gasteiger partial charge in [0.25, 0.3) is 0 Å². The molecule has 0 atom stereocenters. The standard InChI is InChI=1S/C12H24N4/c1-12(2,9-13-3)10-15(4)7-11-6-14-16(5)8-11/h6,8,13H,7,9-10H2,1-5H3. The second-order valence-corrected chi connectivity index (χ2v) is 5.39. The maximum absolute atomic E-state index is 4.18. The Labute approximate surface area is 98.6 Å². The summed E-state index contributed by atoms with van der Waals surface area (Å²) < 4.78 is 1.85. The molecule has 0 amide bonds. The van der Waals surface area contributed by atoms with Crippen LogP contribution in [0.5, 0.6) is 0 Å². The van der Waals surface area contributed by atoms with Gasteiger partial charge in [-0.15, -0.1) is 0 Å². The van der Waals surface area contributed by atoms with Crippen LogP contribution in [0.1, 0.15) is 19.4 Å². The van der Waals surface area contributed by atoms with Crippen molar-refractivity contribution in [2.75, 3.05) is 27.2 Å². The average molecular weight is 224 g/mol. The lowest BCUT2D eigenvalue weighted by Crippen LogP contribution is -2.37. The van der Waals surface area contributed by atoms with Crippen molar-refractivity contribution in [1.82, 2.24) is 20.0 Å². The van der Waals surface area contributed by atoms with E-state index in [4.69, 9.17) is 0 Å². The van der Waals surface area contributed by atoms with E-state index in [2.05, 4.69) is 42.4 Å². The zero-order valence-corrected chi connectivity index (χ0v) is 11.1. The summed E-state index contributed by atoms with van der Waals surface area (Å²) in [6, 6.07) is 0. The van der Waals surface area contributed by atoms with Crippen LogP contribution in [0.25, 0.3) is 0 Å². The number of nitrogens with zero attached hydrogens (tertiary/aromatic N) is 3. The number of aromatic nitrogens is 2. The van der Waals surface area contributed by atoms with E-state index in [1.165, 1.54) is 5.56 Å². The number of rotatable bonds is 6. The maximum Gasteiger partial charge on any atom is 0.0534 e. The van der Waals surface area contributed by atoms with Crippen molar-refractivity contribution in [1.29, 1.82) is 0 Å². The highest BCUT2D eigenvalue weighted by molar-refractivity contribution is 5.03. The van der Waals surface area contributed by atoms with Crippen LogP contribution in [0.4, 0.5) is 0 Å². The smallest absolute Gasteiger partial charge is 0.0534 e. The number of nitrogens with one attached hydrogen (secondary N) is 1. The van der Waals surface area contributed by atoms with Gasteiger partial charge in [0, 0.05) is 38.4 Å². The van der Waals surface area contributed by atoms with E-state index in [0.717, 1.165) is 19.6 Å². The molecular formula is C12H24N4. The van der Waals surface area contributed by atoms with E-state index < -0.39 is 0 Å². The summed E-state index contributed by atoms with van der Waals surface area (Å²) in [4.78, 5) is 2.34. The molecule has 0 aliphatic heterocycles. The summed E-state index contributed by atoms with van der Waals surface area (Å²) in [5.41, 5.74) is 1.57. The molecule has 1 rings (SSSR count). The Kier molecular flexibility index (Phi) is 4.50. The lowest BCUT2D eigenvalue weighted by atomic mass is 9.93. The molecule has 0 unspecified atom stereocenters. The van der Waals surface area contributed by atoms with E-state index in [-0.39, 0.29) is 0 Å². The van der Waals surface area contributed by atoms with Gasteiger partial charge < -0.3 is 10.2 Å². The summed E-state index contributed by atoms with van der Waals surface area (Å²) in [6.07, 6.45) is 4.00. The summed E-state index contributed by atoms with van der Waals surface area (Å²) in [5, 5.41) is 7.42. The molecule has 0 saturated carbocycles. The van der Waals surface area contributed by atoms with Crippen LogP contribution >= 0.6 is 0 Å². The second-order valence-electron chi connectivity index (χ2n) is 5.39. The van der Waals surface area contributed by atoms with Gasteiger partial charge in [0.1, 0.15) is 0 Å². The van der Waals surface area contributed by atoms with Gasteiger partial charge in [-0.3, -0.25) is 4.68 Å². The van der Waals surface area contributed by atoms with Crippen molar-refractivity contribution < 1.29 is 0 Å². The third-order valence-electron chi connectivity index (χ3n) is 2.56. The van der Waals surface area contributed by atoms with E-state index in [0.29, 0.717) is 5.41 Å². The number of aryl methyl sites for hydroxylation is 1. The van der Waals surface area contributed by atoms with Crippen molar-refractivity contribution in [3.8, 4) is 0 Å². The molecule has 0 aromatic carbocycles. The molecule has 4 nitrogen and oxygen atoms in total. The van der Waals surface area contributed by atoms with Crippen molar-refractivity contribution in [3.05, 3.63) is 18.0 Å². The zero-order valence-electron chi connectivity index (χ0n) is 11.1. The molecule has 0 spiro atoms. The minimum Gasteiger partial charge on any atom is -0.319 e. The number of hydrogen-bond donors (Lipinski definition) is 1. The molecule has 0 saturated heterocycles. The van der Waals surface area contributed by atoms with E-state index in [1.54, 1.807) is 0 Å². The van der Waals surface area contributed by atoms with Gasteiger partial charge in [-0.05, 0) is 19.5 Å². The van der Waals surface area contributed by atoms with Crippen LogP contribution in [-0.4, -0.2) is 41.9 Å². The molecule has 0 radical (unpaired) electrons. The second kappa shape index (κ2) is 5.46. The first-order valence-corrected chi connectivity index (χ1v) is 5.73. The molecule has 1 aromatic rings. The average Bonchev–Trinajstić information content (AvgIpc) is 2.49. The fourth-order valence-corrected chi connectivity index (χ4v) is 2.19. The van der Waals surface area contributed by atoms with Crippen molar-refractivity contribution in [2.24, 2.45) is 12.5 Å². The zero-order chi connectivity index (χ0) is 12.2. The van der Waals surface area contributed by atoms with Crippen LogP contribution < -0.4 is 5.32 Å². The van der Waals surface area contributed by atoms with Gasteiger partial charge >= 0.3 is 0 Å². The predicted molar refractivity (Wildman–Crippen MR) is 67.2 cm³/mol. The van der Waals surface area contributed by atoms with Gasteiger partial charge in [0.15, 0.2) is 0 Å². The highest BCUT2D eigenvalue weighted by Crippen LogP contribution is 2.16. The first-order valence-electron chi connectivity index (χ1n) is 5.73. The Bertz CT molecular complexity index is 317. The van der Waals surface area contributed by atoms with Crippen LogP contribution in [0.3, 0.4) is 0 Å². The molecule has 1 heterocycles. The molecule has 4 heteroatoms. The Morgan fingerprint density at radius 3 is 2.69 bits per heavy atom. The largest absolute Gasteiger partial charge is 0.319 e. The van der Waals surface area contributed by atoms with Crippen LogP contribution in [0.2, 0.25) is 0 Å². The molecule has 0 aliphatic carbocycles. The Balaban J connectivity index is 2.44. The van der Waals surface area contributed by atoms with Crippen LogP contribution in [-0.2, 0) is 13.6 Å². The summed E-state index contributed by atoms with van der Waals surface area (Å²) >= 11 is 0.